The molecule has 0 saturated heterocycles. The van der Waals surface area contributed by atoms with E-state index in [0.29, 0.717) is 0 Å². The predicted molar refractivity (Wildman–Crippen MR) is 166 cm³/mol. The van der Waals surface area contributed by atoms with Gasteiger partial charge in [0.15, 0.2) is 0 Å². The Hall–Kier alpha value is -4.60. The summed E-state index contributed by atoms with van der Waals surface area (Å²) in [4.78, 5) is 0. The lowest BCUT2D eigenvalue weighted by atomic mass is 10.0. The Bertz CT molecular complexity index is 1990. The van der Waals surface area contributed by atoms with Crippen molar-refractivity contribution in [1.29, 1.82) is 0 Å². The van der Waals surface area contributed by atoms with Gasteiger partial charge in [-0.05, 0) is 65.6 Å². The molecule has 0 atom stereocenters. The minimum atomic E-state index is 0.792. The van der Waals surface area contributed by atoms with Gasteiger partial charge in [0.25, 0.3) is 0 Å². The monoisotopic (exact) mass is 506 g/mol. The number of benzene rings is 4. The summed E-state index contributed by atoms with van der Waals surface area (Å²) in [5.41, 5.74) is 8.15. The molecule has 2 nitrogen and oxygen atoms in total. The normalized spacial score (nSPS) is 14.7. The smallest absolute Gasteiger partial charge is 0.0548 e. The summed E-state index contributed by atoms with van der Waals surface area (Å²) >= 11 is 1.87. The summed E-state index contributed by atoms with van der Waals surface area (Å²) in [7, 11) is 0. The summed E-state index contributed by atoms with van der Waals surface area (Å²) in [6.07, 6.45) is 10.9. The second-order valence-corrected chi connectivity index (χ2v) is 10.7. The topological polar surface area (TPSA) is 17.0 Å². The van der Waals surface area contributed by atoms with Crippen LogP contribution in [0.3, 0.4) is 0 Å². The fourth-order valence-electron chi connectivity index (χ4n) is 5.53. The molecule has 1 N–H and O–H groups in total. The minimum absolute atomic E-state index is 0.792. The summed E-state index contributed by atoms with van der Waals surface area (Å²) in [5, 5.41) is 8.65. The third-order valence-corrected chi connectivity index (χ3v) is 8.53. The van der Waals surface area contributed by atoms with Gasteiger partial charge in [-0.1, -0.05) is 73.3 Å². The van der Waals surface area contributed by atoms with Crippen LogP contribution in [0.15, 0.2) is 140 Å². The first-order chi connectivity index (χ1) is 18.7. The van der Waals surface area contributed by atoms with Gasteiger partial charge in [-0.2, -0.15) is 0 Å². The van der Waals surface area contributed by atoms with Crippen molar-refractivity contribution in [1.82, 2.24) is 9.88 Å². The van der Waals surface area contributed by atoms with Gasteiger partial charge in [-0.15, -0.1) is 17.9 Å². The third kappa shape index (κ3) is 3.55. The molecule has 0 amide bonds. The van der Waals surface area contributed by atoms with E-state index < -0.39 is 0 Å². The van der Waals surface area contributed by atoms with Gasteiger partial charge >= 0.3 is 0 Å². The molecule has 1 aliphatic heterocycles. The van der Waals surface area contributed by atoms with Crippen LogP contribution < -0.4 is 5.32 Å². The van der Waals surface area contributed by atoms with Gasteiger partial charge in [0.2, 0.25) is 0 Å². The van der Waals surface area contributed by atoms with E-state index in [2.05, 4.69) is 126 Å². The lowest BCUT2D eigenvalue weighted by molar-refractivity contribution is 1.05. The first-order valence-electron chi connectivity index (χ1n) is 12.8. The molecule has 4 aromatic carbocycles. The highest BCUT2D eigenvalue weighted by molar-refractivity contribution is 7.25. The van der Waals surface area contributed by atoms with Crippen LogP contribution in [0.25, 0.3) is 53.2 Å². The van der Waals surface area contributed by atoms with E-state index in [-0.39, 0.29) is 0 Å². The zero-order valence-electron chi connectivity index (χ0n) is 20.9. The number of hydrogen-bond donors (Lipinski definition) is 1. The van der Waals surface area contributed by atoms with Crippen molar-refractivity contribution < 1.29 is 0 Å². The van der Waals surface area contributed by atoms with Gasteiger partial charge in [-0.25, -0.2) is 0 Å². The Balaban J connectivity index is 1.34. The van der Waals surface area contributed by atoms with Crippen molar-refractivity contribution in [3.05, 3.63) is 145 Å². The number of thiophene rings is 1. The molecule has 0 radical (unpaired) electrons. The standard InChI is InChI=1S/C35H26N2S/c1-3-9-23(4-2)31-19-16-25(22-36-31)24-14-17-26(18-15-24)37-32-12-7-5-10-27(32)29-21-35-30(20-33(29)37)28-11-6-8-13-34(28)38-35/h3-8,10-22,36H,1-2,9H2/b31-23-. The van der Waals surface area contributed by atoms with E-state index in [1.165, 1.54) is 47.5 Å². The molecule has 0 unspecified atom stereocenters. The number of fused-ring (bicyclic) bond motifs is 6. The van der Waals surface area contributed by atoms with Crippen molar-refractivity contribution in [2.24, 2.45) is 0 Å². The number of allylic oxidation sites excluding steroid dienone is 6. The average molecular weight is 507 g/mol. The average Bonchev–Trinajstić information content (AvgIpc) is 3.50. The van der Waals surface area contributed by atoms with Crippen LogP contribution >= 0.6 is 11.3 Å². The first kappa shape index (κ1) is 22.6. The van der Waals surface area contributed by atoms with Crippen molar-refractivity contribution in [3.8, 4) is 5.69 Å². The van der Waals surface area contributed by atoms with Crippen molar-refractivity contribution >= 4 is 58.9 Å². The van der Waals surface area contributed by atoms with E-state index >= 15 is 0 Å². The largest absolute Gasteiger partial charge is 0.361 e. The number of nitrogens with zero attached hydrogens (tertiary/aromatic N) is 1. The molecule has 38 heavy (non-hydrogen) atoms. The van der Waals surface area contributed by atoms with Crippen molar-refractivity contribution in [2.75, 3.05) is 0 Å². The van der Waals surface area contributed by atoms with Crippen molar-refractivity contribution in [2.45, 2.75) is 6.42 Å². The molecule has 1 aliphatic rings. The molecule has 0 aliphatic carbocycles. The maximum atomic E-state index is 3.94. The van der Waals surface area contributed by atoms with Crippen LogP contribution in [0.2, 0.25) is 0 Å². The third-order valence-electron chi connectivity index (χ3n) is 7.40. The first-order valence-corrected chi connectivity index (χ1v) is 13.6. The van der Waals surface area contributed by atoms with E-state index in [0.717, 1.165) is 29.0 Å². The van der Waals surface area contributed by atoms with E-state index in [1.807, 2.05) is 23.5 Å². The number of para-hydroxylation sites is 1. The Kier molecular flexibility index (Phi) is 5.38. The highest BCUT2D eigenvalue weighted by Gasteiger charge is 2.15. The Morgan fingerprint density at radius 1 is 0.763 bits per heavy atom. The Labute approximate surface area is 225 Å². The molecule has 2 aromatic heterocycles. The number of rotatable bonds is 5. The molecule has 3 heterocycles. The van der Waals surface area contributed by atoms with Crippen molar-refractivity contribution in [3.63, 3.8) is 0 Å². The van der Waals surface area contributed by atoms with E-state index in [9.17, 15) is 0 Å². The van der Waals surface area contributed by atoms with Crippen LogP contribution in [-0.2, 0) is 0 Å². The number of dihydropyridines is 1. The van der Waals surface area contributed by atoms with Crippen LogP contribution in [-0.4, -0.2) is 4.57 Å². The molecule has 0 saturated carbocycles. The molecular formula is C35H26N2S. The molecule has 7 rings (SSSR count). The van der Waals surface area contributed by atoms with Gasteiger partial charge in [0.1, 0.15) is 0 Å². The Morgan fingerprint density at radius 3 is 2.32 bits per heavy atom. The molecule has 182 valence electrons. The second-order valence-electron chi connectivity index (χ2n) is 9.58. The predicted octanol–water partition coefficient (Wildman–Crippen LogP) is 9.67. The van der Waals surface area contributed by atoms with Crippen LogP contribution in [0.5, 0.6) is 0 Å². The minimum Gasteiger partial charge on any atom is -0.361 e. The summed E-state index contributed by atoms with van der Waals surface area (Å²) < 4.78 is 5.07. The van der Waals surface area contributed by atoms with E-state index in [4.69, 9.17) is 0 Å². The van der Waals surface area contributed by atoms with Gasteiger partial charge in [-0.3, -0.25) is 0 Å². The molecule has 0 fully saturated rings. The molecule has 3 heteroatoms. The van der Waals surface area contributed by atoms with E-state index in [1.54, 1.807) is 0 Å². The highest BCUT2D eigenvalue weighted by atomic mass is 32.1. The van der Waals surface area contributed by atoms with Gasteiger partial charge < -0.3 is 9.88 Å². The maximum absolute atomic E-state index is 3.94. The Morgan fingerprint density at radius 2 is 1.55 bits per heavy atom. The van der Waals surface area contributed by atoms with Crippen LogP contribution in [0.1, 0.15) is 12.0 Å². The number of nitrogens with one attached hydrogen (secondary N) is 1. The summed E-state index contributed by atoms with van der Waals surface area (Å²) in [6.45, 7) is 7.78. The summed E-state index contributed by atoms with van der Waals surface area (Å²) in [6, 6.07) is 31.0. The molecule has 0 spiro atoms. The zero-order valence-corrected chi connectivity index (χ0v) is 21.8. The quantitative estimate of drug-likeness (QED) is 0.230. The lowest BCUT2D eigenvalue weighted by Gasteiger charge is -2.15. The maximum Gasteiger partial charge on any atom is 0.0548 e. The van der Waals surface area contributed by atoms with Gasteiger partial charge in [0, 0.05) is 48.5 Å². The van der Waals surface area contributed by atoms with Crippen LogP contribution in [0.4, 0.5) is 0 Å². The fourth-order valence-corrected chi connectivity index (χ4v) is 6.66. The lowest BCUT2D eigenvalue weighted by Crippen LogP contribution is -2.10. The van der Waals surface area contributed by atoms with Gasteiger partial charge in [0.05, 0.1) is 11.0 Å². The molecule has 6 aromatic rings. The second kappa shape index (κ2) is 9.05. The highest BCUT2D eigenvalue weighted by Crippen LogP contribution is 2.40. The summed E-state index contributed by atoms with van der Waals surface area (Å²) in [5.74, 6) is 0. The van der Waals surface area contributed by atoms with Crippen LogP contribution in [0, 0.1) is 0 Å². The SMILES string of the molecule is C=CC/C(C=C)=C1/C=CC(c2ccc(-n3c4ccccc4c4cc5sc6ccccc6c5cc43)cc2)=CN1. The molecular weight excluding hydrogens is 480 g/mol. The molecule has 0 bridgehead atoms. The fraction of sp³-hybridized carbons (Fsp3) is 0.0286. The zero-order chi connectivity index (χ0) is 25.6. The number of hydrogen-bond acceptors (Lipinski definition) is 2. The number of aromatic nitrogens is 1.